The average molecular weight is 568 g/mol. The van der Waals surface area contributed by atoms with E-state index in [0.717, 1.165) is 24.3 Å². The molecule has 8 heteroatoms. The number of aliphatic hydroxyl groups is 1. The lowest BCUT2D eigenvalue weighted by molar-refractivity contribution is -0.132. The van der Waals surface area contributed by atoms with Crippen LogP contribution in [0.25, 0.3) is 5.76 Å². The van der Waals surface area contributed by atoms with Crippen LogP contribution in [0.5, 0.6) is 5.75 Å². The fourth-order valence-corrected chi connectivity index (χ4v) is 5.58. The van der Waals surface area contributed by atoms with Crippen molar-refractivity contribution in [2.75, 3.05) is 30.0 Å². The Morgan fingerprint density at radius 3 is 2.03 bits per heavy atom. The van der Waals surface area contributed by atoms with Crippen molar-refractivity contribution in [3.05, 3.63) is 93.0 Å². The van der Waals surface area contributed by atoms with E-state index < -0.39 is 17.7 Å². The van der Waals surface area contributed by atoms with Crippen molar-refractivity contribution in [1.29, 1.82) is 0 Å². The van der Waals surface area contributed by atoms with Gasteiger partial charge in [-0.3, -0.25) is 14.5 Å². The maximum atomic E-state index is 13.5. The van der Waals surface area contributed by atoms with E-state index in [9.17, 15) is 14.7 Å². The monoisotopic (exact) mass is 566 g/mol. The quantitative estimate of drug-likeness (QED) is 0.173. The van der Waals surface area contributed by atoms with Crippen LogP contribution in [-0.4, -0.2) is 37.0 Å². The predicted octanol–water partition coefficient (Wildman–Crippen LogP) is 7.60. The van der Waals surface area contributed by atoms with E-state index >= 15 is 0 Å². The number of Topliss-reactive ketones (excluding diaryl/α,β-unsaturated/α-hetero) is 1. The first-order chi connectivity index (χ1) is 18.6. The maximum Gasteiger partial charge on any atom is 0.300 e. The first-order valence-electron chi connectivity index (χ1n) is 12.9. The van der Waals surface area contributed by atoms with Gasteiger partial charge in [0.1, 0.15) is 5.76 Å². The molecule has 1 atom stereocenters. The Labute approximate surface area is 239 Å². The number of carbonyl (C=O) groups excluding carboxylic acids is 2. The topological polar surface area (TPSA) is 70.1 Å². The van der Waals surface area contributed by atoms with Gasteiger partial charge in [-0.1, -0.05) is 61.3 Å². The van der Waals surface area contributed by atoms with Crippen LogP contribution < -0.4 is 14.5 Å². The number of ketones is 1. The van der Waals surface area contributed by atoms with Crippen molar-refractivity contribution < 1.29 is 19.4 Å². The second-order valence-corrected chi connectivity index (χ2v) is 10.5. The molecular weight excluding hydrogens is 535 g/mol. The molecule has 3 aromatic carbocycles. The van der Waals surface area contributed by atoms with E-state index in [1.165, 1.54) is 24.1 Å². The van der Waals surface area contributed by atoms with Crippen LogP contribution in [0.3, 0.4) is 0 Å². The molecule has 3 aromatic rings. The van der Waals surface area contributed by atoms with Gasteiger partial charge in [-0.15, -0.1) is 0 Å². The summed E-state index contributed by atoms with van der Waals surface area (Å²) in [6, 6.07) is 17.3. The Kier molecular flexibility index (Phi) is 8.57. The van der Waals surface area contributed by atoms with Crippen molar-refractivity contribution in [3.63, 3.8) is 0 Å². The molecule has 1 unspecified atom stereocenters. The van der Waals surface area contributed by atoms with Gasteiger partial charge in [0.2, 0.25) is 0 Å². The molecule has 204 valence electrons. The number of amides is 1. The molecule has 1 aliphatic heterocycles. The van der Waals surface area contributed by atoms with E-state index in [-0.39, 0.29) is 32.7 Å². The summed E-state index contributed by atoms with van der Waals surface area (Å²) in [5, 5.41) is 11.8. The van der Waals surface area contributed by atoms with Gasteiger partial charge < -0.3 is 14.7 Å². The van der Waals surface area contributed by atoms with Crippen LogP contribution >= 0.6 is 23.2 Å². The third kappa shape index (κ3) is 5.36. The third-order valence-electron chi connectivity index (χ3n) is 7.10. The second kappa shape index (κ2) is 11.7. The van der Waals surface area contributed by atoms with Gasteiger partial charge >= 0.3 is 0 Å². The van der Waals surface area contributed by atoms with Crippen LogP contribution in [0.4, 0.5) is 11.4 Å². The smallest absolute Gasteiger partial charge is 0.300 e. The van der Waals surface area contributed by atoms with Crippen molar-refractivity contribution in [3.8, 4) is 5.75 Å². The molecule has 1 N–H and O–H groups in total. The molecule has 6 nitrogen and oxygen atoms in total. The number of methoxy groups -OCH3 is 1. The number of nitrogens with zero attached hydrogens (tertiary/aromatic N) is 2. The Morgan fingerprint density at radius 2 is 1.54 bits per heavy atom. The number of anilines is 2. The Bertz CT molecular complexity index is 1390. The molecule has 1 fully saturated rings. The first kappa shape index (κ1) is 28.5. The summed E-state index contributed by atoms with van der Waals surface area (Å²) < 4.78 is 5.22. The highest BCUT2D eigenvalue weighted by atomic mass is 35.5. The summed E-state index contributed by atoms with van der Waals surface area (Å²) in [6.07, 6.45) is 0. The van der Waals surface area contributed by atoms with Gasteiger partial charge in [-0.2, -0.15) is 0 Å². The van der Waals surface area contributed by atoms with Gasteiger partial charge in [0.05, 0.1) is 28.8 Å². The Balaban J connectivity index is 1.91. The van der Waals surface area contributed by atoms with Gasteiger partial charge in [0, 0.05) is 30.0 Å². The lowest BCUT2D eigenvalue weighted by Gasteiger charge is -2.27. The first-order valence-corrected chi connectivity index (χ1v) is 13.7. The fourth-order valence-electron chi connectivity index (χ4n) is 4.94. The summed E-state index contributed by atoms with van der Waals surface area (Å²) in [5.41, 5.74) is 3.55. The lowest BCUT2D eigenvalue weighted by Crippen LogP contribution is -2.29. The minimum Gasteiger partial charge on any atom is -0.507 e. The number of rotatable bonds is 8. The van der Waals surface area contributed by atoms with Crippen LogP contribution in [0.15, 0.2) is 66.2 Å². The zero-order valence-corrected chi connectivity index (χ0v) is 24.2. The van der Waals surface area contributed by atoms with Gasteiger partial charge in [0.15, 0.2) is 5.75 Å². The van der Waals surface area contributed by atoms with Gasteiger partial charge in [0.25, 0.3) is 11.7 Å². The number of carbonyl (C=O) groups is 2. The number of hydrogen-bond acceptors (Lipinski definition) is 5. The van der Waals surface area contributed by atoms with Crippen molar-refractivity contribution in [1.82, 2.24) is 0 Å². The van der Waals surface area contributed by atoms with Crippen LogP contribution in [0.1, 0.15) is 56.3 Å². The van der Waals surface area contributed by atoms with Crippen LogP contribution in [0, 0.1) is 0 Å². The van der Waals surface area contributed by atoms with Crippen LogP contribution in [0.2, 0.25) is 10.0 Å². The van der Waals surface area contributed by atoms with E-state index in [0.29, 0.717) is 17.2 Å². The Morgan fingerprint density at radius 1 is 0.974 bits per heavy atom. The molecule has 0 saturated carbocycles. The molecule has 0 bridgehead atoms. The minimum atomic E-state index is -0.861. The zero-order valence-electron chi connectivity index (χ0n) is 22.7. The highest BCUT2D eigenvalue weighted by Crippen LogP contribution is 2.44. The molecule has 1 aliphatic rings. The summed E-state index contributed by atoms with van der Waals surface area (Å²) >= 11 is 12.7. The predicted molar refractivity (Wildman–Crippen MR) is 158 cm³/mol. The molecule has 1 amide bonds. The second-order valence-electron chi connectivity index (χ2n) is 9.65. The van der Waals surface area contributed by atoms with E-state index in [1.807, 2.05) is 48.5 Å². The molecule has 1 heterocycles. The summed E-state index contributed by atoms with van der Waals surface area (Å²) in [5.74, 6) is -1.32. The SMILES string of the molecule is CCN(CC)c1ccc(C2/C(=C(\O)c3cc(Cl)c(OC)c(Cl)c3)C(=O)C(=O)N2c2ccc(C(C)C)cc2)cc1. The van der Waals surface area contributed by atoms with E-state index in [2.05, 4.69) is 32.6 Å². The lowest BCUT2D eigenvalue weighted by atomic mass is 9.94. The molecule has 0 aromatic heterocycles. The molecule has 1 saturated heterocycles. The van der Waals surface area contributed by atoms with Crippen LogP contribution in [-0.2, 0) is 9.59 Å². The summed E-state index contributed by atoms with van der Waals surface area (Å²) in [4.78, 5) is 30.7. The largest absolute Gasteiger partial charge is 0.507 e. The minimum absolute atomic E-state index is 0.0409. The highest BCUT2D eigenvalue weighted by Gasteiger charge is 2.47. The summed E-state index contributed by atoms with van der Waals surface area (Å²) in [7, 11) is 1.44. The van der Waals surface area contributed by atoms with Crippen molar-refractivity contribution in [2.24, 2.45) is 0 Å². The Hall–Kier alpha value is -3.48. The molecule has 0 radical (unpaired) electrons. The third-order valence-corrected chi connectivity index (χ3v) is 7.66. The zero-order chi connectivity index (χ0) is 28.4. The summed E-state index contributed by atoms with van der Waals surface area (Å²) in [6.45, 7) is 10.0. The van der Waals surface area contributed by atoms with Gasteiger partial charge in [-0.05, 0) is 67.3 Å². The van der Waals surface area contributed by atoms with Gasteiger partial charge in [-0.25, -0.2) is 0 Å². The average Bonchev–Trinajstić information content (AvgIpc) is 3.19. The standard InChI is InChI=1S/C31H32Cl2N2O4/c1-6-34(7-2)22-12-10-20(11-13-22)27-26(28(36)21-16-24(32)30(39-5)25(33)17-21)29(37)31(38)35(27)23-14-8-19(9-15-23)18(3)4/h8-18,27,36H,6-7H2,1-5H3/b28-26+. The highest BCUT2D eigenvalue weighted by molar-refractivity contribution is 6.51. The number of hydrogen-bond donors (Lipinski definition) is 1. The normalized spacial score (nSPS) is 16.7. The molecule has 39 heavy (non-hydrogen) atoms. The van der Waals surface area contributed by atoms with Crippen molar-refractivity contribution >= 4 is 52.0 Å². The molecule has 4 rings (SSSR count). The van der Waals surface area contributed by atoms with E-state index in [1.54, 1.807) is 0 Å². The number of benzene rings is 3. The number of ether oxygens (including phenoxy) is 1. The molecule has 0 aliphatic carbocycles. The number of halogens is 2. The molecule has 0 spiro atoms. The number of aliphatic hydroxyl groups excluding tert-OH is 1. The van der Waals surface area contributed by atoms with E-state index in [4.69, 9.17) is 27.9 Å². The molecular formula is C31H32Cl2N2O4. The van der Waals surface area contributed by atoms with Crippen molar-refractivity contribution in [2.45, 2.75) is 39.7 Å². The fraction of sp³-hybridized carbons (Fsp3) is 0.290. The maximum absolute atomic E-state index is 13.5.